The molecule has 2 aromatic carbocycles. The van der Waals surface area contributed by atoms with E-state index in [0.717, 1.165) is 12.8 Å². The standard InChI is InChI=1S/C22H22N2O5/c1-3-4-13-24-17-12-8-6-10-15(17)19(25)18(21(24)27)20(26)23-16-11-7-5-9-14(16)22(28)29-2/h5-12,25H,3-4,13H2,1-2H3,(H,23,26). The molecule has 1 amide bonds. The molecule has 150 valence electrons. The molecule has 7 heteroatoms. The van der Waals surface area contributed by atoms with Crippen LogP contribution in [0.3, 0.4) is 0 Å². The zero-order chi connectivity index (χ0) is 21.0. The zero-order valence-electron chi connectivity index (χ0n) is 16.3. The van der Waals surface area contributed by atoms with E-state index in [1.165, 1.54) is 23.8 Å². The second kappa shape index (κ2) is 8.60. The van der Waals surface area contributed by atoms with Crippen molar-refractivity contribution in [1.82, 2.24) is 4.57 Å². The molecule has 0 aliphatic heterocycles. The second-order valence-corrected chi connectivity index (χ2v) is 6.54. The van der Waals surface area contributed by atoms with E-state index in [1.807, 2.05) is 6.92 Å². The number of carbonyl (C=O) groups is 2. The second-order valence-electron chi connectivity index (χ2n) is 6.54. The number of hydrogen-bond acceptors (Lipinski definition) is 5. The van der Waals surface area contributed by atoms with Crippen molar-refractivity contribution in [1.29, 1.82) is 0 Å². The van der Waals surface area contributed by atoms with Crippen LogP contribution in [0.25, 0.3) is 10.9 Å². The zero-order valence-corrected chi connectivity index (χ0v) is 16.3. The Hall–Kier alpha value is -3.61. The molecule has 0 aliphatic carbocycles. The summed E-state index contributed by atoms with van der Waals surface area (Å²) in [6, 6.07) is 13.2. The van der Waals surface area contributed by atoms with E-state index >= 15 is 0 Å². The van der Waals surface area contributed by atoms with Crippen LogP contribution >= 0.6 is 0 Å². The Bertz CT molecular complexity index is 1130. The minimum atomic E-state index is -0.792. The maximum Gasteiger partial charge on any atom is 0.339 e. The van der Waals surface area contributed by atoms with Gasteiger partial charge in [-0.1, -0.05) is 37.6 Å². The predicted octanol–water partition coefficient (Wildman–Crippen LogP) is 3.55. The van der Waals surface area contributed by atoms with Crippen molar-refractivity contribution in [3.05, 3.63) is 70.0 Å². The summed E-state index contributed by atoms with van der Waals surface area (Å²) in [7, 11) is 1.24. The number of ether oxygens (including phenoxy) is 1. The number of para-hydroxylation sites is 2. The largest absolute Gasteiger partial charge is 0.506 e. The number of esters is 1. The minimum Gasteiger partial charge on any atom is -0.506 e. The van der Waals surface area contributed by atoms with Crippen molar-refractivity contribution in [3.8, 4) is 5.75 Å². The number of fused-ring (bicyclic) bond motifs is 1. The molecule has 2 N–H and O–H groups in total. The molecule has 0 atom stereocenters. The lowest BCUT2D eigenvalue weighted by molar-refractivity contribution is 0.0602. The lowest BCUT2D eigenvalue weighted by Crippen LogP contribution is -2.30. The van der Waals surface area contributed by atoms with Gasteiger partial charge in [0, 0.05) is 11.9 Å². The third kappa shape index (κ3) is 3.85. The SMILES string of the molecule is CCCCn1c(=O)c(C(=O)Nc2ccccc2C(=O)OC)c(O)c2ccccc21. The van der Waals surface area contributed by atoms with Crippen molar-refractivity contribution in [2.24, 2.45) is 0 Å². The molecule has 7 nitrogen and oxygen atoms in total. The molecule has 1 aromatic heterocycles. The Kier molecular flexibility index (Phi) is 5.97. The van der Waals surface area contributed by atoms with Crippen LogP contribution in [0.15, 0.2) is 53.3 Å². The Morgan fingerprint density at radius 3 is 2.52 bits per heavy atom. The monoisotopic (exact) mass is 394 g/mol. The van der Waals surface area contributed by atoms with Gasteiger partial charge < -0.3 is 19.7 Å². The first-order valence-electron chi connectivity index (χ1n) is 9.32. The average molecular weight is 394 g/mol. The molecule has 0 aliphatic rings. The van der Waals surface area contributed by atoms with Crippen LogP contribution in [-0.2, 0) is 11.3 Å². The quantitative estimate of drug-likeness (QED) is 0.623. The highest BCUT2D eigenvalue weighted by Gasteiger charge is 2.23. The summed E-state index contributed by atoms with van der Waals surface area (Å²) in [5, 5.41) is 13.7. The Balaban J connectivity index is 2.12. The number of nitrogens with one attached hydrogen (secondary N) is 1. The van der Waals surface area contributed by atoms with E-state index in [2.05, 4.69) is 5.32 Å². The van der Waals surface area contributed by atoms with Gasteiger partial charge >= 0.3 is 5.97 Å². The number of nitrogens with zero attached hydrogens (tertiary/aromatic N) is 1. The van der Waals surface area contributed by atoms with Crippen LogP contribution in [0.1, 0.15) is 40.5 Å². The number of pyridine rings is 1. The molecule has 1 heterocycles. The highest BCUT2D eigenvalue weighted by molar-refractivity contribution is 6.11. The van der Waals surface area contributed by atoms with Gasteiger partial charge in [-0.15, -0.1) is 0 Å². The molecule has 0 bridgehead atoms. The third-order valence-corrected chi connectivity index (χ3v) is 4.69. The van der Waals surface area contributed by atoms with Crippen LogP contribution in [-0.4, -0.2) is 28.7 Å². The van der Waals surface area contributed by atoms with E-state index in [1.54, 1.807) is 36.4 Å². The van der Waals surface area contributed by atoms with Crippen LogP contribution in [0.4, 0.5) is 5.69 Å². The van der Waals surface area contributed by atoms with Gasteiger partial charge in [-0.05, 0) is 30.7 Å². The topological polar surface area (TPSA) is 97.6 Å². The van der Waals surface area contributed by atoms with Crippen LogP contribution < -0.4 is 10.9 Å². The predicted molar refractivity (Wildman–Crippen MR) is 111 cm³/mol. The number of aromatic nitrogens is 1. The summed E-state index contributed by atoms with van der Waals surface area (Å²) in [5.41, 5.74) is -0.0384. The first-order chi connectivity index (χ1) is 14.0. The van der Waals surface area contributed by atoms with Gasteiger partial charge in [0.25, 0.3) is 11.5 Å². The van der Waals surface area contributed by atoms with Gasteiger partial charge in [0.2, 0.25) is 0 Å². The fourth-order valence-corrected chi connectivity index (χ4v) is 3.20. The fraction of sp³-hybridized carbons (Fsp3) is 0.227. The van der Waals surface area contributed by atoms with Crippen molar-refractivity contribution < 1.29 is 19.4 Å². The molecule has 0 saturated carbocycles. The van der Waals surface area contributed by atoms with Crippen molar-refractivity contribution in [2.75, 3.05) is 12.4 Å². The van der Waals surface area contributed by atoms with Crippen molar-refractivity contribution in [3.63, 3.8) is 0 Å². The molecule has 3 rings (SSSR count). The normalized spacial score (nSPS) is 10.7. The average Bonchev–Trinajstić information content (AvgIpc) is 2.73. The maximum absolute atomic E-state index is 13.1. The number of carbonyl (C=O) groups excluding carboxylic acids is 2. The first kappa shape index (κ1) is 20.1. The van der Waals surface area contributed by atoms with Crippen LogP contribution in [0.5, 0.6) is 5.75 Å². The van der Waals surface area contributed by atoms with E-state index < -0.39 is 17.4 Å². The number of anilines is 1. The summed E-state index contributed by atoms with van der Waals surface area (Å²) in [5.74, 6) is -1.80. The van der Waals surface area contributed by atoms with Crippen molar-refractivity contribution >= 4 is 28.5 Å². The smallest absolute Gasteiger partial charge is 0.339 e. The molecule has 0 radical (unpaired) electrons. The Morgan fingerprint density at radius 1 is 1.10 bits per heavy atom. The lowest BCUT2D eigenvalue weighted by atomic mass is 10.1. The van der Waals surface area contributed by atoms with Gasteiger partial charge in [0.05, 0.1) is 23.9 Å². The Morgan fingerprint density at radius 2 is 1.79 bits per heavy atom. The number of aryl methyl sites for hydroxylation is 1. The van der Waals surface area contributed by atoms with Crippen LogP contribution in [0, 0.1) is 0 Å². The van der Waals surface area contributed by atoms with E-state index in [9.17, 15) is 19.5 Å². The molecule has 3 aromatic rings. The van der Waals surface area contributed by atoms with Gasteiger partial charge in [0.1, 0.15) is 11.3 Å². The first-order valence-corrected chi connectivity index (χ1v) is 9.32. The summed E-state index contributed by atoms with van der Waals surface area (Å²) >= 11 is 0. The maximum atomic E-state index is 13.1. The highest BCUT2D eigenvalue weighted by Crippen LogP contribution is 2.27. The Labute approximate surface area is 167 Å². The van der Waals surface area contributed by atoms with Gasteiger partial charge in [0.15, 0.2) is 0 Å². The molecule has 0 saturated heterocycles. The summed E-state index contributed by atoms with van der Waals surface area (Å²) < 4.78 is 6.23. The number of unbranched alkanes of at least 4 members (excludes halogenated alkanes) is 1. The number of amides is 1. The van der Waals surface area contributed by atoms with Gasteiger partial charge in [-0.2, -0.15) is 0 Å². The minimum absolute atomic E-state index is 0.148. The van der Waals surface area contributed by atoms with Gasteiger partial charge in [-0.25, -0.2) is 4.79 Å². The number of aromatic hydroxyl groups is 1. The number of hydrogen-bond donors (Lipinski definition) is 2. The fourth-order valence-electron chi connectivity index (χ4n) is 3.20. The van der Waals surface area contributed by atoms with E-state index in [4.69, 9.17) is 4.74 Å². The van der Waals surface area contributed by atoms with Crippen LogP contribution in [0.2, 0.25) is 0 Å². The third-order valence-electron chi connectivity index (χ3n) is 4.69. The number of methoxy groups -OCH3 is 1. The highest BCUT2D eigenvalue weighted by atomic mass is 16.5. The summed E-state index contributed by atoms with van der Waals surface area (Å²) in [6.07, 6.45) is 1.62. The lowest BCUT2D eigenvalue weighted by Gasteiger charge is -2.15. The number of rotatable bonds is 6. The van der Waals surface area contributed by atoms with Gasteiger partial charge in [-0.3, -0.25) is 9.59 Å². The number of benzene rings is 2. The molecular formula is C22H22N2O5. The molecule has 0 spiro atoms. The van der Waals surface area contributed by atoms with E-state index in [0.29, 0.717) is 17.4 Å². The summed E-state index contributed by atoms with van der Waals surface area (Å²) in [6.45, 7) is 2.43. The van der Waals surface area contributed by atoms with E-state index in [-0.39, 0.29) is 22.6 Å². The molecule has 0 unspecified atom stereocenters. The molecule has 0 fully saturated rings. The van der Waals surface area contributed by atoms with Crippen molar-refractivity contribution in [2.45, 2.75) is 26.3 Å². The summed E-state index contributed by atoms with van der Waals surface area (Å²) in [4.78, 5) is 38.0. The molecular weight excluding hydrogens is 372 g/mol. The molecule has 29 heavy (non-hydrogen) atoms.